The van der Waals surface area contributed by atoms with Gasteiger partial charge in [0.15, 0.2) is 5.78 Å². The summed E-state index contributed by atoms with van der Waals surface area (Å²) in [4.78, 5) is 37.5. The average molecular weight is 332 g/mol. The highest BCUT2D eigenvalue weighted by atomic mass is 16.2. The quantitative estimate of drug-likeness (QED) is 0.828. The maximum absolute atomic E-state index is 12.5. The number of likely N-dealkylation sites (tertiary alicyclic amines) is 1. The van der Waals surface area contributed by atoms with Gasteiger partial charge in [-0.1, -0.05) is 0 Å². The number of carbonyl (C=O) groups excluding carboxylic acids is 3. The molecule has 0 aromatic carbocycles. The van der Waals surface area contributed by atoms with Crippen molar-refractivity contribution >= 4 is 17.6 Å². The first-order valence-corrected chi connectivity index (χ1v) is 8.49. The Kier molecular flexibility index (Phi) is 4.43. The van der Waals surface area contributed by atoms with E-state index in [0.717, 1.165) is 12.1 Å². The molecule has 24 heavy (non-hydrogen) atoms. The van der Waals surface area contributed by atoms with Gasteiger partial charge in [-0.3, -0.25) is 19.1 Å². The molecule has 130 valence electrons. The minimum Gasteiger partial charge on any atom is -0.353 e. The van der Waals surface area contributed by atoms with Gasteiger partial charge in [0.25, 0.3) is 0 Å². The summed E-state index contributed by atoms with van der Waals surface area (Å²) in [6.45, 7) is 7.03. The fourth-order valence-corrected chi connectivity index (χ4v) is 3.94. The molecule has 7 heteroatoms. The number of piperidine rings is 1. The van der Waals surface area contributed by atoms with Crippen LogP contribution in [0.3, 0.4) is 0 Å². The smallest absolute Gasteiger partial charge is 0.224 e. The molecule has 1 aromatic heterocycles. The highest BCUT2D eigenvalue weighted by molar-refractivity contribution is 5.96. The Hall–Kier alpha value is -2.18. The van der Waals surface area contributed by atoms with Crippen LogP contribution in [-0.2, 0) is 16.1 Å². The summed E-state index contributed by atoms with van der Waals surface area (Å²) in [5.74, 6) is 0.430. The Labute approximate surface area is 141 Å². The van der Waals surface area contributed by atoms with Gasteiger partial charge in [0, 0.05) is 50.1 Å². The SMILES string of the molecule is CC(=O)c1c(C)nn(CCC(=O)N2CC[C@@H]3NC(=O)C[C@@H]3C2)c1C. The molecule has 1 N–H and O–H groups in total. The molecule has 0 spiro atoms. The number of Topliss-reactive ketones (excluding diaryl/α,β-unsaturated/α-hetero) is 1. The predicted octanol–water partition coefficient (Wildman–Crippen LogP) is 0.830. The summed E-state index contributed by atoms with van der Waals surface area (Å²) in [6, 6.07) is 0.232. The van der Waals surface area contributed by atoms with Crippen LogP contribution in [0.15, 0.2) is 0 Å². The standard InChI is InChI=1S/C17H24N4O3/c1-10-17(12(3)22)11(2)21(19-10)7-5-16(24)20-6-4-14-13(9-20)8-15(23)18-14/h13-14H,4-9H2,1-3H3,(H,18,23)/t13-,14+/m1/s1. The number of hydrogen-bond donors (Lipinski definition) is 1. The first kappa shape index (κ1) is 16.7. The molecule has 2 saturated heterocycles. The number of aryl methyl sites for hydroxylation is 2. The lowest BCUT2D eigenvalue weighted by Crippen LogP contribution is -2.47. The zero-order valence-corrected chi connectivity index (χ0v) is 14.5. The fraction of sp³-hybridized carbons (Fsp3) is 0.647. The summed E-state index contributed by atoms with van der Waals surface area (Å²) in [6.07, 6.45) is 1.71. The number of carbonyl (C=O) groups is 3. The number of aromatic nitrogens is 2. The highest BCUT2D eigenvalue weighted by Gasteiger charge is 2.37. The van der Waals surface area contributed by atoms with Crippen molar-refractivity contribution in [2.45, 2.75) is 52.6 Å². The third-order valence-corrected chi connectivity index (χ3v) is 5.15. The molecule has 3 rings (SSSR count). The Morgan fingerprint density at radius 3 is 2.75 bits per heavy atom. The highest BCUT2D eigenvalue weighted by Crippen LogP contribution is 2.25. The average Bonchev–Trinajstić information content (AvgIpc) is 3.02. The molecule has 0 saturated carbocycles. The summed E-state index contributed by atoms with van der Waals surface area (Å²) < 4.78 is 1.75. The number of rotatable bonds is 4. The maximum atomic E-state index is 12.5. The van der Waals surface area contributed by atoms with Gasteiger partial charge >= 0.3 is 0 Å². The lowest BCUT2D eigenvalue weighted by Gasteiger charge is -2.34. The Morgan fingerprint density at radius 2 is 2.08 bits per heavy atom. The van der Waals surface area contributed by atoms with Crippen molar-refractivity contribution in [1.29, 1.82) is 0 Å². The topological polar surface area (TPSA) is 84.3 Å². The number of hydrogen-bond acceptors (Lipinski definition) is 4. The van der Waals surface area contributed by atoms with Crippen LogP contribution in [0.5, 0.6) is 0 Å². The van der Waals surface area contributed by atoms with Crippen LogP contribution in [0, 0.1) is 19.8 Å². The molecule has 0 bridgehead atoms. The molecule has 2 atom stereocenters. The van der Waals surface area contributed by atoms with Crippen molar-refractivity contribution in [3.05, 3.63) is 17.0 Å². The van der Waals surface area contributed by atoms with Crippen LogP contribution in [0.4, 0.5) is 0 Å². The van der Waals surface area contributed by atoms with Crippen LogP contribution in [0.2, 0.25) is 0 Å². The van der Waals surface area contributed by atoms with Crippen LogP contribution < -0.4 is 5.32 Å². The Bertz CT molecular complexity index is 694. The number of ketones is 1. The van der Waals surface area contributed by atoms with E-state index in [0.29, 0.717) is 43.7 Å². The molecule has 2 aliphatic rings. The van der Waals surface area contributed by atoms with Gasteiger partial charge in [0.05, 0.1) is 11.3 Å². The van der Waals surface area contributed by atoms with Crippen molar-refractivity contribution < 1.29 is 14.4 Å². The predicted molar refractivity (Wildman–Crippen MR) is 87.6 cm³/mol. The molecule has 2 aliphatic heterocycles. The summed E-state index contributed by atoms with van der Waals surface area (Å²) >= 11 is 0. The number of fused-ring (bicyclic) bond motifs is 1. The van der Waals surface area contributed by atoms with E-state index in [4.69, 9.17) is 0 Å². The first-order valence-electron chi connectivity index (χ1n) is 8.49. The monoisotopic (exact) mass is 332 g/mol. The van der Waals surface area contributed by atoms with E-state index < -0.39 is 0 Å². The molecular weight excluding hydrogens is 308 g/mol. The van der Waals surface area contributed by atoms with E-state index in [-0.39, 0.29) is 29.6 Å². The maximum Gasteiger partial charge on any atom is 0.224 e. The van der Waals surface area contributed by atoms with Gasteiger partial charge in [-0.25, -0.2) is 0 Å². The van der Waals surface area contributed by atoms with E-state index in [1.807, 2.05) is 18.7 Å². The van der Waals surface area contributed by atoms with E-state index in [2.05, 4.69) is 10.4 Å². The second-order valence-electron chi connectivity index (χ2n) is 6.84. The Morgan fingerprint density at radius 1 is 1.33 bits per heavy atom. The van der Waals surface area contributed by atoms with E-state index in [1.165, 1.54) is 6.92 Å². The van der Waals surface area contributed by atoms with Gasteiger partial charge in [0.2, 0.25) is 11.8 Å². The molecule has 1 aromatic rings. The number of nitrogens with one attached hydrogen (secondary N) is 1. The molecule has 0 aliphatic carbocycles. The zero-order chi connectivity index (χ0) is 17.4. The minimum absolute atomic E-state index is 0.00282. The molecule has 3 heterocycles. The van der Waals surface area contributed by atoms with E-state index in [1.54, 1.807) is 4.68 Å². The second kappa shape index (κ2) is 6.37. The number of nitrogens with zero attached hydrogens (tertiary/aromatic N) is 3. The molecule has 2 amide bonds. The number of amides is 2. The van der Waals surface area contributed by atoms with Gasteiger partial charge in [-0.15, -0.1) is 0 Å². The van der Waals surface area contributed by atoms with Crippen molar-refractivity contribution in [2.24, 2.45) is 5.92 Å². The third kappa shape index (κ3) is 3.07. The lowest BCUT2D eigenvalue weighted by molar-refractivity contribution is -0.133. The van der Waals surface area contributed by atoms with Crippen molar-refractivity contribution in [3.8, 4) is 0 Å². The summed E-state index contributed by atoms with van der Waals surface area (Å²) in [7, 11) is 0. The van der Waals surface area contributed by atoms with Crippen LogP contribution in [0.1, 0.15) is 47.9 Å². The molecule has 0 radical (unpaired) electrons. The summed E-state index contributed by atoms with van der Waals surface area (Å²) in [5, 5.41) is 7.36. The summed E-state index contributed by atoms with van der Waals surface area (Å²) in [5.41, 5.74) is 2.18. The third-order valence-electron chi connectivity index (χ3n) is 5.15. The first-order chi connectivity index (χ1) is 11.4. The zero-order valence-electron chi connectivity index (χ0n) is 14.5. The van der Waals surface area contributed by atoms with Gasteiger partial charge in [-0.05, 0) is 27.2 Å². The van der Waals surface area contributed by atoms with Gasteiger partial charge in [0.1, 0.15) is 0 Å². The van der Waals surface area contributed by atoms with Crippen LogP contribution >= 0.6 is 0 Å². The van der Waals surface area contributed by atoms with Crippen LogP contribution in [0.25, 0.3) is 0 Å². The molecule has 0 unspecified atom stereocenters. The normalized spacial score (nSPS) is 23.1. The van der Waals surface area contributed by atoms with Gasteiger partial charge < -0.3 is 10.2 Å². The Balaban J connectivity index is 1.59. The van der Waals surface area contributed by atoms with Gasteiger partial charge in [-0.2, -0.15) is 5.10 Å². The van der Waals surface area contributed by atoms with E-state index >= 15 is 0 Å². The van der Waals surface area contributed by atoms with Crippen molar-refractivity contribution in [2.75, 3.05) is 13.1 Å². The molecule has 2 fully saturated rings. The van der Waals surface area contributed by atoms with Crippen molar-refractivity contribution in [1.82, 2.24) is 20.0 Å². The lowest BCUT2D eigenvalue weighted by atomic mass is 9.93. The van der Waals surface area contributed by atoms with E-state index in [9.17, 15) is 14.4 Å². The largest absolute Gasteiger partial charge is 0.353 e. The molecular formula is C17H24N4O3. The van der Waals surface area contributed by atoms with Crippen LogP contribution in [-0.4, -0.2) is 51.4 Å². The molecule has 7 nitrogen and oxygen atoms in total. The fourth-order valence-electron chi connectivity index (χ4n) is 3.94. The second-order valence-corrected chi connectivity index (χ2v) is 6.84. The van der Waals surface area contributed by atoms with Crippen molar-refractivity contribution in [3.63, 3.8) is 0 Å². The minimum atomic E-state index is 0.00282.